The number of piperidine rings is 1. The number of para-hydroxylation sites is 1. The van der Waals surface area contributed by atoms with Crippen molar-refractivity contribution in [2.45, 2.75) is 43.8 Å². The van der Waals surface area contributed by atoms with Gasteiger partial charge in [-0.1, -0.05) is 18.2 Å². The summed E-state index contributed by atoms with van der Waals surface area (Å²) in [5.41, 5.74) is 10.4. The molecular formula is C40H37N9O5. The predicted octanol–water partition coefficient (Wildman–Crippen LogP) is 4.04. The van der Waals surface area contributed by atoms with Gasteiger partial charge in [0.05, 0.1) is 22.6 Å². The number of benzene rings is 3. The molecule has 54 heavy (non-hydrogen) atoms. The number of nitrogen functional groups attached to an aromatic ring is 1. The van der Waals surface area contributed by atoms with Crippen LogP contribution in [0.4, 0.5) is 11.5 Å². The van der Waals surface area contributed by atoms with Crippen LogP contribution in [0, 0.1) is 11.8 Å². The maximum Gasteiger partial charge on any atom is 0.262 e. The van der Waals surface area contributed by atoms with E-state index in [1.54, 1.807) is 12.1 Å². The highest BCUT2D eigenvalue weighted by Crippen LogP contribution is 2.47. The number of carbonyl (C=O) groups is 4. The third-order valence-corrected chi connectivity index (χ3v) is 11.9. The van der Waals surface area contributed by atoms with E-state index in [1.807, 2.05) is 60.7 Å². The Morgan fingerprint density at radius 1 is 0.778 bits per heavy atom. The number of nitrogens with one attached hydrogen (secondary N) is 1. The fourth-order valence-corrected chi connectivity index (χ4v) is 9.11. The van der Waals surface area contributed by atoms with Gasteiger partial charge in [0.2, 0.25) is 11.8 Å². The first-order chi connectivity index (χ1) is 26.3. The Labute approximate surface area is 309 Å². The molecule has 3 saturated heterocycles. The van der Waals surface area contributed by atoms with Gasteiger partial charge in [-0.25, -0.2) is 14.6 Å². The van der Waals surface area contributed by atoms with E-state index in [-0.39, 0.29) is 18.9 Å². The second-order valence-corrected chi connectivity index (χ2v) is 15.0. The third-order valence-electron chi connectivity index (χ3n) is 11.9. The molecule has 0 radical (unpaired) electrons. The predicted molar refractivity (Wildman–Crippen MR) is 198 cm³/mol. The smallest absolute Gasteiger partial charge is 0.262 e. The second-order valence-electron chi connectivity index (χ2n) is 15.0. The van der Waals surface area contributed by atoms with E-state index in [0.29, 0.717) is 34.8 Å². The van der Waals surface area contributed by atoms with Crippen LogP contribution in [-0.4, -0.2) is 91.4 Å². The third kappa shape index (κ3) is 5.31. The van der Waals surface area contributed by atoms with E-state index in [1.165, 1.54) is 6.33 Å². The van der Waals surface area contributed by atoms with Crippen molar-refractivity contribution in [3.05, 3.63) is 90.3 Å². The molecule has 14 heteroatoms. The zero-order chi connectivity index (χ0) is 36.7. The molecule has 3 unspecified atom stereocenters. The molecule has 3 N–H and O–H groups in total. The number of nitrogens with zero attached hydrogens (tertiary/aromatic N) is 7. The molecule has 4 fully saturated rings. The second kappa shape index (κ2) is 12.5. The Hall–Kier alpha value is -6.15. The maximum atomic E-state index is 13.3. The topological polar surface area (TPSA) is 169 Å². The molecule has 272 valence electrons. The van der Waals surface area contributed by atoms with Crippen LogP contribution in [-0.2, 0) is 9.59 Å². The fourth-order valence-electron chi connectivity index (χ4n) is 9.11. The van der Waals surface area contributed by atoms with Gasteiger partial charge in [0.1, 0.15) is 35.4 Å². The number of rotatable bonds is 7. The molecule has 10 rings (SSSR count). The molecule has 4 amide bonds. The van der Waals surface area contributed by atoms with Crippen LogP contribution in [0.15, 0.2) is 79.1 Å². The first kappa shape index (κ1) is 32.5. The van der Waals surface area contributed by atoms with Crippen molar-refractivity contribution in [3.8, 4) is 22.8 Å². The van der Waals surface area contributed by atoms with Crippen LogP contribution in [0.25, 0.3) is 22.3 Å². The molecule has 0 bridgehead atoms. The number of hydrogen-bond donors (Lipinski definition) is 2. The molecule has 5 aromatic rings. The number of anilines is 2. The summed E-state index contributed by atoms with van der Waals surface area (Å²) in [6.45, 7) is 3.70. The monoisotopic (exact) mass is 723 g/mol. The highest BCUT2D eigenvalue weighted by molar-refractivity contribution is 6.23. The lowest BCUT2D eigenvalue weighted by atomic mass is 10.0. The molecule has 1 saturated carbocycles. The van der Waals surface area contributed by atoms with Crippen LogP contribution in [0.3, 0.4) is 0 Å². The van der Waals surface area contributed by atoms with Gasteiger partial charge in [-0.3, -0.25) is 34.3 Å². The number of hydrogen-bond acceptors (Lipinski definition) is 11. The quantitative estimate of drug-likeness (QED) is 0.233. The number of imide groups is 2. The van der Waals surface area contributed by atoms with Crippen molar-refractivity contribution in [1.29, 1.82) is 0 Å². The lowest BCUT2D eigenvalue weighted by molar-refractivity contribution is -0.136. The first-order valence-corrected chi connectivity index (χ1v) is 18.5. The summed E-state index contributed by atoms with van der Waals surface area (Å²) in [6.07, 6.45) is 3.76. The van der Waals surface area contributed by atoms with Crippen molar-refractivity contribution >= 4 is 46.2 Å². The Morgan fingerprint density at radius 3 is 2.24 bits per heavy atom. The van der Waals surface area contributed by atoms with Gasteiger partial charge in [0, 0.05) is 49.9 Å². The molecule has 0 spiro atoms. The molecule has 4 atom stereocenters. The summed E-state index contributed by atoms with van der Waals surface area (Å²) in [7, 11) is 0. The summed E-state index contributed by atoms with van der Waals surface area (Å²) >= 11 is 0. The van der Waals surface area contributed by atoms with Gasteiger partial charge < -0.3 is 15.4 Å². The largest absolute Gasteiger partial charge is 0.457 e. The Bertz CT molecular complexity index is 2340. The maximum absolute atomic E-state index is 13.3. The Kier molecular flexibility index (Phi) is 7.51. The van der Waals surface area contributed by atoms with Gasteiger partial charge in [0.25, 0.3) is 11.8 Å². The molecule has 14 nitrogen and oxygen atoms in total. The molecule has 3 aromatic carbocycles. The lowest BCUT2D eigenvalue weighted by Crippen LogP contribution is -2.59. The number of nitrogens with two attached hydrogens (primary N) is 1. The van der Waals surface area contributed by atoms with E-state index < -0.39 is 29.7 Å². The minimum absolute atomic E-state index is 0.0931. The van der Waals surface area contributed by atoms with Crippen molar-refractivity contribution in [2.24, 2.45) is 11.8 Å². The summed E-state index contributed by atoms with van der Waals surface area (Å²) in [5.74, 6) is 1.04. The van der Waals surface area contributed by atoms with Crippen molar-refractivity contribution in [3.63, 3.8) is 0 Å². The van der Waals surface area contributed by atoms with E-state index >= 15 is 0 Å². The van der Waals surface area contributed by atoms with Crippen LogP contribution >= 0.6 is 0 Å². The molecule has 1 aliphatic carbocycles. The number of fused-ring (bicyclic) bond motifs is 3. The highest BCUT2D eigenvalue weighted by atomic mass is 16.5. The first-order valence-electron chi connectivity index (χ1n) is 18.5. The van der Waals surface area contributed by atoms with E-state index in [4.69, 9.17) is 15.6 Å². The van der Waals surface area contributed by atoms with E-state index in [0.717, 1.165) is 83.4 Å². The fraction of sp³-hybridized carbons (Fsp3) is 0.325. The normalized spacial score (nSPS) is 24.2. The summed E-state index contributed by atoms with van der Waals surface area (Å²) < 4.78 is 8.08. The van der Waals surface area contributed by atoms with Crippen LogP contribution in [0.1, 0.15) is 52.4 Å². The summed E-state index contributed by atoms with van der Waals surface area (Å²) in [4.78, 5) is 65.4. The van der Waals surface area contributed by atoms with Gasteiger partial charge in [-0.2, -0.15) is 5.10 Å². The van der Waals surface area contributed by atoms with Crippen molar-refractivity contribution < 1.29 is 23.9 Å². The molecule has 5 aliphatic rings. The number of likely N-dealkylation sites (tertiary alicyclic amines) is 1. The average Bonchev–Trinajstić information content (AvgIpc) is 3.90. The molecule has 2 aromatic heterocycles. The zero-order valence-corrected chi connectivity index (χ0v) is 29.3. The van der Waals surface area contributed by atoms with Crippen molar-refractivity contribution in [2.75, 3.05) is 36.8 Å². The zero-order valence-electron chi connectivity index (χ0n) is 29.3. The molecular weight excluding hydrogens is 686 g/mol. The average molecular weight is 724 g/mol. The number of aromatic nitrogens is 4. The molecule has 6 heterocycles. The summed E-state index contributed by atoms with van der Waals surface area (Å²) in [6, 6.07) is 22.5. The lowest BCUT2D eigenvalue weighted by Gasteiger charge is -2.46. The van der Waals surface area contributed by atoms with Gasteiger partial charge in [0.15, 0.2) is 5.65 Å². The van der Waals surface area contributed by atoms with Crippen LogP contribution in [0.2, 0.25) is 0 Å². The Balaban J connectivity index is 0.792. The van der Waals surface area contributed by atoms with Crippen LogP contribution in [0.5, 0.6) is 11.5 Å². The summed E-state index contributed by atoms with van der Waals surface area (Å²) in [5, 5.41) is 8.15. The van der Waals surface area contributed by atoms with Gasteiger partial charge >= 0.3 is 0 Å². The van der Waals surface area contributed by atoms with Crippen molar-refractivity contribution in [1.82, 2.24) is 34.9 Å². The SMILES string of the molecule is Nc1ncnc2c1c(-c1ccc(Oc3ccccc3)cc1)nn2C1CC2CN(C3CN(c4ccc5c(c4)C(=O)N(C4CCC(=O)NC4=O)C5=O)C3)C[C@@H]2C1. The van der Waals surface area contributed by atoms with E-state index in [2.05, 4.69) is 29.8 Å². The number of ether oxygens (including phenoxy) is 1. The van der Waals surface area contributed by atoms with Crippen LogP contribution < -0.4 is 20.7 Å². The number of carbonyl (C=O) groups excluding carboxylic acids is 4. The van der Waals surface area contributed by atoms with E-state index in [9.17, 15) is 19.2 Å². The number of amides is 4. The highest BCUT2D eigenvalue weighted by Gasteiger charge is 2.48. The van der Waals surface area contributed by atoms with Gasteiger partial charge in [-0.15, -0.1) is 0 Å². The standard InChI is InChI=1S/C40H37N9O5/c41-36-34-35(22-6-9-29(10-7-22)54-28-4-2-1-3-5-28)45-49(37(34)43-21-42-36)26-14-23-17-46(18-24(23)15-26)27-19-47(20-27)25-8-11-30-31(16-25)40(53)48(39(30)52)32-12-13-33(50)44-38(32)51/h1-11,16,21,23-24,26-27,32H,12-15,17-20H2,(H2,41,42,43)(H,44,50,51)/t23-,24?,26?,32?/m0/s1. The minimum Gasteiger partial charge on any atom is -0.457 e. The molecule has 4 aliphatic heterocycles. The minimum atomic E-state index is -0.972. The van der Waals surface area contributed by atoms with Gasteiger partial charge in [-0.05, 0) is 85.7 Å². The Morgan fingerprint density at radius 2 is 1.50 bits per heavy atom.